The number of ketones is 1. The summed E-state index contributed by atoms with van der Waals surface area (Å²) < 4.78 is 5.68. The monoisotopic (exact) mass is 341 g/mol. The van der Waals surface area contributed by atoms with E-state index < -0.39 is 0 Å². The first-order chi connectivity index (χ1) is 12.0. The maximum absolute atomic E-state index is 12.7. The molecule has 0 spiro atoms. The molecule has 0 aromatic heterocycles. The molecule has 4 aliphatic carbocycles. The zero-order valence-corrected chi connectivity index (χ0v) is 15.1. The second-order valence-corrected chi connectivity index (χ2v) is 8.30. The minimum absolute atomic E-state index is 0.00231. The first kappa shape index (κ1) is 16.6. The predicted molar refractivity (Wildman–Crippen MR) is 95.5 cm³/mol. The van der Waals surface area contributed by atoms with Gasteiger partial charge in [0.2, 0.25) is 0 Å². The summed E-state index contributed by atoms with van der Waals surface area (Å²) in [5.74, 6) is 3.82. The van der Waals surface area contributed by atoms with Gasteiger partial charge in [-0.2, -0.15) is 0 Å². The van der Waals surface area contributed by atoms with Crippen LogP contribution in [0.1, 0.15) is 49.4 Å². The molecule has 4 heteroatoms. The van der Waals surface area contributed by atoms with Crippen molar-refractivity contribution in [3.05, 3.63) is 29.8 Å². The van der Waals surface area contributed by atoms with Crippen LogP contribution in [0.3, 0.4) is 0 Å². The van der Waals surface area contributed by atoms with E-state index >= 15 is 0 Å². The van der Waals surface area contributed by atoms with Gasteiger partial charge in [0.05, 0.1) is 0 Å². The Morgan fingerprint density at radius 2 is 1.72 bits per heavy atom. The third-order valence-electron chi connectivity index (χ3n) is 6.62. The number of hydrogen-bond acceptors (Lipinski definition) is 3. The highest BCUT2D eigenvalue weighted by molar-refractivity contribution is 5.94. The third kappa shape index (κ3) is 3.19. The van der Waals surface area contributed by atoms with Gasteiger partial charge in [0.15, 0.2) is 12.4 Å². The van der Waals surface area contributed by atoms with E-state index in [-0.39, 0.29) is 18.3 Å². The van der Waals surface area contributed by atoms with Gasteiger partial charge in [0.1, 0.15) is 5.75 Å². The Morgan fingerprint density at radius 3 is 2.32 bits per heavy atom. The Labute approximate surface area is 149 Å². The lowest BCUT2D eigenvalue weighted by Gasteiger charge is -2.56. The van der Waals surface area contributed by atoms with E-state index in [1.807, 2.05) is 11.9 Å². The molecule has 0 N–H and O–H groups in total. The fourth-order valence-electron chi connectivity index (χ4n) is 5.75. The Balaban J connectivity index is 1.38. The van der Waals surface area contributed by atoms with Crippen LogP contribution in [-0.2, 0) is 4.79 Å². The van der Waals surface area contributed by atoms with Crippen molar-refractivity contribution in [2.45, 2.75) is 45.1 Å². The van der Waals surface area contributed by atoms with Crippen LogP contribution < -0.4 is 4.74 Å². The molecule has 134 valence electrons. The van der Waals surface area contributed by atoms with Crippen molar-refractivity contribution in [2.24, 2.45) is 23.7 Å². The Bertz CT molecular complexity index is 655. The quantitative estimate of drug-likeness (QED) is 0.770. The number of carbonyl (C=O) groups excluding carboxylic acids is 2. The molecule has 5 rings (SSSR count). The highest BCUT2D eigenvalue weighted by Crippen LogP contribution is 2.54. The number of likely N-dealkylation sites (N-methyl/N-ethyl adjacent to an activating group) is 1. The lowest BCUT2D eigenvalue weighted by Crippen LogP contribution is -2.56. The second kappa shape index (κ2) is 6.47. The topological polar surface area (TPSA) is 46.6 Å². The van der Waals surface area contributed by atoms with Gasteiger partial charge in [-0.05, 0) is 74.8 Å². The summed E-state index contributed by atoms with van der Waals surface area (Å²) in [5, 5.41) is 0. The molecule has 1 amide bonds. The number of carbonyl (C=O) groups is 2. The largest absolute Gasteiger partial charge is 0.484 e. The van der Waals surface area contributed by atoms with Gasteiger partial charge in [0.25, 0.3) is 5.91 Å². The van der Waals surface area contributed by atoms with E-state index in [0.29, 0.717) is 29.2 Å². The van der Waals surface area contributed by atoms with Gasteiger partial charge in [-0.25, -0.2) is 0 Å². The summed E-state index contributed by atoms with van der Waals surface area (Å²) in [6.45, 7) is 1.57. The van der Waals surface area contributed by atoms with Crippen LogP contribution in [0.2, 0.25) is 0 Å². The highest BCUT2D eigenvalue weighted by Gasteiger charge is 2.50. The van der Waals surface area contributed by atoms with Crippen LogP contribution in [0.5, 0.6) is 5.75 Å². The molecule has 25 heavy (non-hydrogen) atoms. The molecule has 0 aliphatic heterocycles. The fraction of sp³-hybridized carbons (Fsp3) is 0.619. The molecule has 0 atom stereocenters. The van der Waals surface area contributed by atoms with Gasteiger partial charge in [0, 0.05) is 18.7 Å². The summed E-state index contributed by atoms with van der Waals surface area (Å²) in [5.41, 5.74) is 0.611. The second-order valence-electron chi connectivity index (χ2n) is 8.30. The average Bonchev–Trinajstić information content (AvgIpc) is 2.58. The first-order valence-electron chi connectivity index (χ1n) is 9.50. The Hall–Kier alpha value is -1.84. The Morgan fingerprint density at radius 1 is 1.08 bits per heavy atom. The number of ether oxygens (including phenoxy) is 1. The number of amides is 1. The van der Waals surface area contributed by atoms with E-state index in [0.717, 1.165) is 11.8 Å². The molecule has 4 aliphatic rings. The zero-order chi connectivity index (χ0) is 17.6. The van der Waals surface area contributed by atoms with Gasteiger partial charge in [-0.3, -0.25) is 9.59 Å². The zero-order valence-electron chi connectivity index (χ0n) is 15.1. The molecular formula is C21H27NO3. The van der Waals surface area contributed by atoms with Crippen molar-refractivity contribution >= 4 is 11.7 Å². The minimum Gasteiger partial charge on any atom is -0.484 e. The molecular weight excluding hydrogens is 314 g/mol. The molecule has 4 bridgehead atoms. The van der Waals surface area contributed by atoms with Gasteiger partial charge < -0.3 is 9.64 Å². The van der Waals surface area contributed by atoms with E-state index in [1.165, 1.54) is 39.0 Å². The molecule has 0 radical (unpaired) electrons. The number of Topliss-reactive ketones (excluding diaryl/α,β-unsaturated/α-hetero) is 1. The lowest BCUT2D eigenvalue weighted by atomic mass is 9.54. The standard InChI is InChI=1S/C21H27NO3/c1-13(23)16-4-3-5-19(11-16)25-12-20(24)22(2)21-17-7-14-6-15(9-17)10-18(21)8-14/h3-5,11,14-15,17-18,21H,6-10,12H2,1-2H3. The van der Waals surface area contributed by atoms with Crippen molar-refractivity contribution in [2.75, 3.05) is 13.7 Å². The molecule has 1 aromatic carbocycles. The predicted octanol–water partition coefficient (Wildman–Crippen LogP) is 3.55. The summed E-state index contributed by atoms with van der Waals surface area (Å²) in [6, 6.07) is 7.45. The van der Waals surface area contributed by atoms with Gasteiger partial charge >= 0.3 is 0 Å². The third-order valence-corrected chi connectivity index (χ3v) is 6.62. The molecule has 1 aromatic rings. The number of benzene rings is 1. The summed E-state index contributed by atoms with van der Waals surface area (Å²) in [4.78, 5) is 26.1. The summed E-state index contributed by atoms with van der Waals surface area (Å²) >= 11 is 0. The number of rotatable bonds is 5. The maximum Gasteiger partial charge on any atom is 0.260 e. The minimum atomic E-state index is 0.00231. The molecule has 4 saturated carbocycles. The number of hydrogen-bond donors (Lipinski definition) is 0. The van der Waals surface area contributed by atoms with Crippen LogP contribution >= 0.6 is 0 Å². The molecule has 0 heterocycles. The van der Waals surface area contributed by atoms with Crippen LogP contribution in [0, 0.1) is 23.7 Å². The van der Waals surface area contributed by atoms with E-state index in [1.54, 1.807) is 24.3 Å². The fourth-order valence-corrected chi connectivity index (χ4v) is 5.75. The lowest BCUT2D eigenvalue weighted by molar-refractivity contribution is -0.143. The van der Waals surface area contributed by atoms with E-state index in [4.69, 9.17) is 4.74 Å². The molecule has 0 saturated heterocycles. The first-order valence-corrected chi connectivity index (χ1v) is 9.50. The van der Waals surface area contributed by atoms with Crippen molar-refractivity contribution < 1.29 is 14.3 Å². The van der Waals surface area contributed by atoms with Gasteiger partial charge in [-0.1, -0.05) is 12.1 Å². The van der Waals surface area contributed by atoms with Crippen LogP contribution in [0.4, 0.5) is 0 Å². The van der Waals surface area contributed by atoms with Crippen LogP contribution in [0.15, 0.2) is 24.3 Å². The molecule has 4 fully saturated rings. The Kier molecular flexibility index (Phi) is 4.30. The van der Waals surface area contributed by atoms with Gasteiger partial charge in [-0.15, -0.1) is 0 Å². The summed E-state index contributed by atoms with van der Waals surface area (Å²) in [7, 11) is 1.95. The van der Waals surface area contributed by atoms with Crippen LogP contribution in [0.25, 0.3) is 0 Å². The van der Waals surface area contributed by atoms with Crippen molar-refractivity contribution in [3.8, 4) is 5.75 Å². The maximum atomic E-state index is 12.7. The van der Waals surface area contributed by atoms with Crippen LogP contribution in [-0.4, -0.2) is 36.3 Å². The highest BCUT2D eigenvalue weighted by atomic mass is 16.5. The van der Waals surface area contributed by atoms with Crippen molar-refractivity contribution in [3.63, 3.8) is 0 Å². The van der Waals surface area contributed by atoms with E-state index in [9.17, 15) is 9.59 Å². The van der Waals surface area contributed by atoms with Crippen molar-refractivity contribution in [1.82, 2.24) is 4.90 Å². The van der Waals surface area contributed by atoms with E-state index in [2.05, 4.69) is 0 Å². The normalized spacial score (nSPS) is 32.5. The smallest absolute Gasteiger partial charge is 0.260 e. The SMILES string of the molecule is CC(=O)c1cccc(OCC(=O)N(C)C2C3CC4CC(C3)CC2C4)c1. The summed E-state index contributed by atoms with van der Waals surface area (Å²) in [6.07, 6.45) is 6.63. The molecule has 4 nitrogen and oxygen atoms in total. The van der Waals surface area contributed by atoms with Crippen molar-refractivity contribution in [1.29, 1.82) is 0 Å². The average molecular weight is 341 g/mol. The number of nitrogens with zero attached hydrogens (tertiary/aromatic N) is 1. The molecule has 0 unspecified atom stereocenters.